The Balaban J connectivity index is 3.39. The number of thiol groups is 5. The predicted octanol–water partition coefficient (Wildman–Crippen LogP) is 3.27. The molecule has 0 saturated carbocycles. The normalized spacial score (nSPS) is 10.4. The summed E-state index contributed by atoms with van der Waals surface area (Å²) in [5.74, 6) is 0.633. The van der Waals surface area contributed by atoms with Crippen LogP contribution in [0.5, 0.6) is 0 Å². The molecule has 5 heteroatoms. The molecule has 1 aromatic rings. The van der Waals surface area contributed by atoms with Gasteiger partial charge in [-0.1, -0.05) is 0 Å². The molecule has 0 heterocycles. The standard InChI is InChI=1S/C7H8S5/c8-2-3-1-4(9)6(11)7(12)5(3)10/h1,8-12H,2H2. The average Bonchev–Trinajstić information content (AvgIpc) is 2.08. The largest absolute Gasteiger partial charge is 0.175 e. The van der Waals surface area contributed by atoms with Crippen LogP contribution >= 0.6 is 63.1 Å². The van der Waals surface area contributed by atoms with E-state index in [0.29, 0.717) is 5.75 Å². The van der Waals surface area contributed by atoms with Crippen molar-refractivity contribution in [2.45, 2.75) is 25.3 Å². The second kappa shape index (κ2) is 4.46. The van der Waals surface area contributed by atoms with Crippen LogP contribution in [-0.2, 0) is 5.75 Å². The van der Waals surface area contributed by atoms with Gasteiger partial charge in [-0.05, 0) is 11.6 Å². The summed E-state index contributed by atoms with van der Waals surface area (Å²) >= 11 is 21.2. The maximum atomic E-state index is 4.30. The molecule has 0 amide bonds. The molecule has 0 aliphatic carbocycles. The Labute approximate surface area is 99.6 Å². The highest BCUT2D eigenvalue weighted by atomic mass is 32.1. The number of rotatable bonds is 1. The highest BCUT2D eigenvalue weighted by Crippen LogP contribution is 2.34. The van der Waals surface area contributed by atoms with E-state index >= 15 is 0 Å². The van der Waals surface area contributed by atoms with Crippen LogP contribution in [0.1, 0.15) is 5.56 Å². The van der Waals surface area contributed by atoms with Crippen LogP contribution in [0.15, 0.2) is 25.6 Å². The molecule has 0 unspecified atom stereocenters. The minimum absolute atomic E-state index is 0.633. The third kappa shape index (κ3) is 2.07. The molecule has 0 fully saturated rings. The monoisotopic (exact) mass is 252 g/mol. The fraction of sp³-hybridized carbons (Fsp3) is 0.143. The summed E-state index contributed by atoms with van der Waals surface area (Å²) in [6.07, 6.45) is 0. The highest BCUT2D eigenvalue weighted by Gasteiger charge is 2.07. The van der Waals surface area contributed by atoms with Gasteiger partial charge in [0.1, 0.15) is 0 Å². The lowest BCUT2D eigenvalue weighted by Crippen LogP contribution is -1.86. The third-order valence-electron chi connectivity index (χ3n) is 1.48. The van der Waals surface area contributed by atoms with Crippen LogP contribution < -0.4 is 0 Å². The highest BCUT2D eigenvalue weighted by molar-refractivity contribution is 7.86. The van der Waals surface area contributed by atoms with Gasteiger partial charge in [0.2, 0.25) is 0 Å². The van der Waals surface area contributed by atoms with E-state index in [-0.39, 0.29) is 0 Å². The first-order valence-corrected chi connectivity index (χ1v) is 5.56. The Morgan fingerprint density at radius 1 is 0.917 bits per heavy atom. The minimum atomic E-state index is 0.633. The molecular weight excluding hydrogens is 244 g/mol. The quantitative estimate of drug-likeness (QED) is 0.466. The molecular formula is C7H8S5. The van der Waals surface area contributed by atoms with Crippen LogP contribution in [0.2, 0.25) is 0 Å². The molecule has 0 radical (unpaired) electrons. The van der Waals surface area contributed by atoms with Gasteiger partial charge in [-0.25, -0.2) is 0 Å². The zero-order chi connectivity index (χ0) is 9.30. The van der Waals surface area contributed by atoms with Crippen molar-refractivity contribution in [3.63, 3.8) is 0 Å². The van der Waals surface area contributed by atoms with E-state index in [4.69, 9.17) is 0 Å². The van der Waals surface area contributed by atoms with Crippen LogP contribution in [0.3, 0.4) is 0 Å². The van der Waals surface area contributed by atoms with Gasteiger partial charge in [0.15, 0.2) is 0 Å². The van der Waals surface area contributed by atoms with Gasteiger partial charge in [0, 0.05) is 25.3 Å². The maximum Gasteiger partial charge on any atom is 0.0322 e. The van der Waals surface area contributed by atoms with E-state index in [1.165, 1.54) is 0 Å². The van der Waals surface area contributed by atoms with Crippen molar-refractivity contribution >= 4 is 63.1 Å². The van der Waals surface area contributed by atoms with Crippen molar-refractivity contribution in [3.05, 3.63) is 11.6 Å². The summed E-state index contributed by atoms with van der Waals surface area (Å²) in [7, 11) is 0. The first-order chi connectivity index (χ1) is 5.57. The number of hydrogen-bond donors (Lipinski definition) is 5. The summed E-state index contributed by atoms with van der Waals surface area (Å²) < 4.78 is 0. The molecule has 0 spiro atoms. The van der Waals surface area contributed by atoms with Crippen LogP contribution in [-0.4, -0.2) is 0 Å². The van der Waals surface area contributed by atoms with Crippen molar-refractivity contribution < 1.29 is 0 Å². The molecule has 0 aliphatic heterocycles. The lowest BCUT2D eigenvalue weighted by molar-refractivity contribution is 1.01. The summed E-state index contributed by atoms with van der Waals surface area (Å²) in [6.45, 7) is 0. The predicted molar refractivity (Wildman–Crippen MR) is 68.1 cm³/mol. The second-order valence-electron chi connectivity index (χ2n) is 2.26. The molecule has 0 N–H and O–H groups in total. The number of benzene rings is 1. The molecule has 66 valence electrons. The molecule has 0 saturated heterocycles. The molecule has 0 nitrogen and oxygen atoms in total. The molecule has 0 bridgehead atoms. The second-order valence-corrected chi connectivity index (χ2v) is 4.40. The molecule has 0 atom stereocenters. The van der Waals surface area contributed by atoms with E-state index in [2.05, 4.69) is 63.1 Å². The van der Waals surface area contributed by atoms with E-state index in [9.17, 15) is 0 Å². The van der Waals surface area contributed by atoms with E-state index in [1.54, 1.807) is 0 Å². The van der Waals surface area contributed by atoms with Gasteiger partial charge >= 0.3 is 0 Å². The Morgan fingerprint density at radius 3 is 2.00 bits per heavy atom. The van der Waals surface area contributed by atoms with Crippen molar-refractivity contribution in [1.82, 2.24) is 0 Å². The molecule has 0 aliphatic rings. The Bertz CT molecular complexity index is 307. The topological polar surface area (TPSA) is 0 Å². The van der Waals surface area contributed by atoms with E-state index in [1.807, 2.05) is 6.07 Å². The van der Waals surface area contributed by atoms with Gasteiger partial charge in [0.05, 0.1) is 0 Å². The lowest BCUT2D eigenvalue weighted by Gasteiger charge is -2.09. The molecule has 12 heavy (non-hydrogen) atoms. The first-order valence-electron chi connectivity index (χ1n) is 3.14. The van der Waals surface area contributed by atoms with Crippen molar-refractivity contribution in [3.8, 4) is 0 Å². The summed E-state index contributed by atoms with van der Waals surface area (Å²) in [5.41, 5.74) is 1.02. The van der Waals surface area contributed by atoms with Crippen molar-refractivity contribution in [1.29, 1.82) is 0 Å². The lowest BCUT2D eigenvalue weighted by atomic mass is 10.2. The Kier molecular flexibility index (Phi) is 4.11. The van der Waals surface area contributed by atoms with Crippen molar-refractivity contribution in [2.75, 3.05) is 0 Å². The van der Waals surface area contributed by atoms with E-state index < -0.39 is 0 Å². The number of hydrogen-bond acceptors (Lipinski definition) is 5. The Hall–Kier alpha value is 0.970. The fourth-order valence-corrected chi connectivity index (χ4v) is 2.32. The fourth-order valence-electron chi connectivity index (χ4n) is 0.808. The van der Waals surface area contributed by atoms with Crippen LogP contribution in [0.4, 0.5) is 0 Å². The van der Waals surface area contributed by atoms with Gasteiger partial charge in [-0.2, -0.15) is 12.6 Å². The van der Waals surface area contributed by atoms with Crippen LogP contribution in [0.25, 0.3) is 0 Å². The molecule has 0 aromatic heterocycles. The summed E-state index contributed by atoms with van der Waals surface area (Å²) in [4.78, 5) is 3.16. The van der Waals surface area contributed by atoms with Gasteiger partial charge < -0.3 is 0 Å². The zero-order valence-corrected chi connectivity index (χ0v) is 10.5. The van der Waals surface area contributed by atoms with Gasteiger partial charge in [-0.3, -0.25) is 0 Å². The molecule has 1 aromatic carbocycles. The summed E-state index contributed by atoms with van der Waals surface area (Å²) in [5, 5.41) is 0. The average molecular weight is 252 g/mol. The van der Waals surface area contributed by atoms with E-state index in [0.717, 1.165) is 25.1 Å². The maximum absolute atomic E-state index is 4.30. The van der Waals surface area contributed by atoms with Gasteiger partial charge in [0.25, 0.3) is 0 Å². The third-order valence-corrected chi connectivity index (χ3v) is 4.12. The summed E-state index contributed by atoms with van der Waals surface area (Å²) in [6, 6.07) is 1.90. The van der Waals surface area contributed by atoms with Crippen molar-refractivity contribution in [2.24, 2.45) is 0 Å². The SMILES string of the molecule is SCc1cc(S)c(S)c(S)c1S. The zero-order valence-electron chi connectivity index (χ0n) is 6.02. The minimum Gasteiger partial charge on any atom is -0.175 e. The first kappa shape index (κ1) is 11.0. The van der Waals surface area contributed by atoms with Crippen LogP contribution in [0, 0.1) is 0 Å². The smallest absolute Gasteiger partial charge is 0.0322 e. The molecule has 1 rings (SSSR count). The Morgan fingerprint density at radius 2 is 1.50 bits per heavy atom. The van der Waals surface area contributed by atoms with Gasteiger partial charge in [-0.15, -0.1) is 50.5 Å².